The van der Waals surface area contributed by atoms with Crippen LogP contribution >= 0.6 is 0 Å². The fourth-order valence-corrected chi connectivity index (χ4v) is 2.13. The molecule has 0 spiro atoms. The van der Waals surface area contributed by atoms with Crippen molar-refractivity contribution in [1.82, 2.24) is 10.0 Å². The van der Waals surface area contributed by atoms with Gasteiger partial charge < -0.3 is 9.40 Å². The van der Waals surface area contributed by atoms with Crippen molar-refractivity contribution in [2.24, 2.45) is 0 Å². The molecule has 0 fully saturated rings. The molecule has 1 aromatic carbocycles. The van der Waals surface area contributed by atoms with Gasteiger partial charge in [0.05, 0.1) is 7.11 Å². The Bertz CT molecular complexity index is 488. The van der Waals surface area contributed by atoms with Crippen LogP contribution in [0.4, 0.5) is 0 Å². The highest BCUT2D eigenvalue weighted by Gasteiger charge is 2.09. The number of hydroxylamine groups is 1. The van der Waals surface area contributed by atoms with Gasteiger partial charge in [0, 0.05) is 23.6 Å². The number of hydrogen-bond donors (Lipinski definition) is 1. The first-order valence-electron chi connectivity index (χ1n) is 5.73. The molecular formula is C14H18N2O. The number of benzene rings is 1. The third-order valence-corrected chi connectivity index (χ3v) is 2.96. The Morgan fingerprint density at radius 1 is 1.18 bits per heavy atom. The van der Waals surface area contributed by atoms with Gasteiger partial charge in [-0.1, -0.05) is 18.2 Å². The van der Waals surface area contributed by atoms with E-state index in [2.05, 4.69) is 54.2 Å². The van der Waals surface area contributed by atoms with Gasteiger partial charge in [-0.2, -0.15) is 5.48 Å². The molecule has 1 heterocycles. The average molecular weight is 230 g/mol. The maximum atomic E-state index is 4.90. The maximum Gasteiger partial charge on any atom is 0.0572 e. The van der Waals surface area contributed by atoms with E-state index in [4.69, 9.17) is 4.84 Å². The molecule has 1 N–H and O–H groups in total. The highest BCUT2D eigenvalue weighted by atomic mass is 16.6. The Kier molecular flexibility index (Phi) is 3.61. The summed E-state index contributed by atoms with van der Waals surface area (Å²) in [5.41, 5.74) is 7.83. The van der Waals surface area contributed by atoms with Crippen LogP contribution in [0.3, 0.4) is 0 Å². The van der Waals surface area contributed by atoms with E-state index >= 15 is 0 Å². The molecule has 0 aliphatic rings. The zero-order valence-corrected chi connectivity index (χ0v) is 10.5. The second kappa shape index (κ2) is 5.17. The van der Waals surface area contributed by atoms with Gasteiger partial charge >= 0.3 is 0 Å². The molecule has 2 rings (SSSR count). The molecule has 90 valence electrons. The van der Waals surface area contributed by atoms with Gasteiger partial charge in [-0.3, -0.25) is 0 Å². The number of rotatable bonds is 4. The number of nitrogens with one attached hydrogen (secondary N) is 1. The summed E-state index contributed by atoms with van der Waals surface area (Å²) < 4.78 is 2.26. The summed E-state index contributed by atoms with van der Waals surface area (Å²) in [6.45, 7) is 4.98. The summed E-state index contributed by atoms with van der Waals surface area (Å²) in [5, 5.41) is 0. The standard InChI is InChI=1S/C14H18N2O/c1-11-9-13(10-15-17-3)12(2)16(11)14-7-5-4-6-8-14/h4-9,15H,10H2,1-3H3. The van der Waals surface area contributed by atoms with Gasteiger partial charge in [0.15, 0.2) is 0 Å². The number of hydrogen-bond acceptors (Lipinski definition) is 2. The van der Waals surface area contributed by atoms with Gasteiger partial charge in [-0.25, -0.2) is 0 Å². The summed E-state index contributed by atoms with van der Waals surface area (Å²) in [6.07, 6.45) is 0. The molecule has 0 bridgehead atoms. The lowest BCUT2D eigenvalue weighted by Gasteiger charge is -2.09. The second-order valence-corrected chi connectivity index (χ2v) is 4.09. The molecular weight excluding hydrogens is 212 g/mol. The highest BCUT2D eigenvalue weighted by molar-refractivity contribution is 5.40. The van der Waals surface area contributed by atoms with Crippen LogP contribution in [-0.2, 0) is 11.4 Å². The number of nitrogens with zero attached hydrogens (tertiary/aromatic N) is 1. The molecule has 0 unspecified atom stereocenters. The van der Waals surface area contributed by atoms with Crippen LogP contribution in [0.2, 0.25) is 0 Å². The van der Waals surface area contributed by atoms with Crippen molar-refractivity contribution in [2.75, 3.05) is 7.11 Å². The Labute approximate surface area is 102 Å². The average Bonchev–Trinajstić information content (AvgIpc) is 2.63. The van der Waals surface area contributed by atoms with Gasteiger partial charge in [0.1, 0.15) is 0 Å². The summed E-state index contributed by atoms with van der Waals surface area (Å²) in [5.74, 6) is 0. The molecule has 0 saturated carbocycles. The van der Waals surface area contributed by atoms with Gasteiger partial charge in [-0.05, 0) is 37.6 Å². The largest absolute Gasteiger partial charge is 0.318 e. The Morgan fingerprint density at radius 3 is 2.53 bits per heavy atom. The van der Waals surface area contributed by atoms with Crippen molar-refractivity contribution in [3.8, 4) is 5.69 Å². The van der Waals surface area contributed by atoms with E-state index in [1.54, 1.807) is 7.11 Å². The molecule has 2 aromatic rings. The maximum absolute atomic E-state index is 4.90. The molecule has 0 aliphatic carbocycles. The lowest BCUT2D eigenvalue weighted by molar-refractivity contribution is 0.0866. The number of aromatic nitrogens is 1. The summed E-state index contributed by atoms with van der Waals surface area (Å²) >= 11 is 0. The zero-order chi connectivity index (χ0) is 12.3. The van der Waals surface area contributed by atoms with Crippen molar-refractivity contribution in [2.45, 2.75) is 20.4 Å². The van der Waals surface area contributed by atoms with Crippen LogP contribution in [0.5, 0.6) is 0 Å². The van der Waals surface area contributed by atoms with E-state index in [-0.39, 0.29) is 0 Å². The van der Waals surface area contributed by atoms with E-state index in [0.717, 1.165) is 6.54 Å². The lowest BCUT2D eigenvalue weighted by atomic mass is 10.2. The van der Waals surface area contributed by atoms with Crippen LogP contribution < -0.4 is 5.48 Å². The second-order valence-electron chi connectivity index (χ2n) is 4.09. The molecule has 0 atom stereocenters. The van der Waals surface area contributed by atoms with E-state index in [0.29, 0.717) is 0 Å². The third-order valence-electron chi connectivity index (χ3n) is 2.96. The molecule has 0 saturated heterocycles. The van der Waals surface area contributed by atoms with Crippen LogP contribution in [-0.4, -0.2) is 11.7 Å². The molecule has 1 aromatic heterocycles. The SMILES string of the molecule is CONCc1cc(C)n(-c2ccccc2)c1C. The number of para-hydroxylation sites is 1. The third kappa shape index (κ3) is 2.40. The first-order chi connectivity index (χ1) is 8.24. The highest BCUT2D eigenvalue weighted by Crippen LogP contribution is 2.20. The summed E-state index contributed by atoms with van der Waals surface area (Å²) in [6, 6.07) is 12.6. The molecule has 3 nitrogen and oxygen atoms in total. The fraction of sp³-hybridized carbons (Fsp3) is 0.286. The first kappa shape index (κ1) is 11.9. The monoisotopic (exact) mass is 230 g/mol. The molecule has 0 radical (unpaired) electrons. The van der Waals surface area contributed by atoms with E-state index in [9.17, 15) is 0 Å². The minimum Gasteiger partial charge on any atom is -0.318 e. The van der Waals surface area contributed by atoms with Crippen LogP contribution in [0.1, 0.15) is 17.0 Å². The van der Waals surface area contributed by atoms with E-state index in [1.165, 1.54) is 22.6 Å². The predicted octanol–water partition coefficient (Wildman–Crippen LogP) is 2.75. The first-order valence-corrected chi connectivity index (χ1v) is 5.73. The Balaban J connectivity index is 2.38. The minimum absolute atomic E-state index is 0.725. The van der Waals surface area contributed by atoms with Gasteiger partial charge in [0.2, 0.25) is 0 Å². The van der Waals surface area contributed by atoms with Gasteiger partial charge in [-0.15, -0.1) is 0 Å². The van der Waals surface area contributed by atoms with Crippen molar-refractivity contribution >= 4 is 0 Å². The molecule has 17 heavy (non-hydrogen) atoms. The smallest absolute Gasteiger partial charge is 0.0572 e. The Hall–Kier alpha value is -1.58. The fourth-order valence-electron chi connectivity index (χ4n) is 2.13. The van der Waals surface area contributed by atoms with E-state index < -0.39 is 0 Å². The zero-order valence-electron chi connectivity index (χ0n) is 10.5. The molecule has 3 heteroatoms. The molecule has 0 aliphatic heterocycles. The summed E-state index contributed by atoms with van der Waals surface area (Å²) in [7, 11) is 1.64. The van der Waals surface area contributed by atoms with Gasteiger partial charge in [0.25, 0.3) is 0 Å². The van der Waals surface area contributed by atoms with Crippen LogP contribution in [0, 0.1) is 13.8 Å². The van der Waals surface area contributed by atoms with E-state index in [1.807, 2.05) is 6.07 Å². The topological polar surface area (TPSA) is 26.2 Å². The van der Waals surface area contributed by atoms with Crippen molar-refractivity contribution in [1.29, 1.82) is 0 Å². The van der Waals surface area contributed by atoms with Crippen LogP contribution in [0.25, 0.3) is 5.69 Å². The number of aryl methyl sites for hydroxylation is 1. The summed E-state index contributed by atoms with van der Waals surface area (Å²) in [4.78, 5) is 4.90. The van der Waals surface area contributed by atoms with Crippen LogP contribution in [0.15, 0.2) is 36.4 Å². The van der Waals surface area contributed by atoms with Crippen molar-refractivity contribution in [3.05, 3.63) is 53.3 Å². The molecule has 0 amide bonds. The normalized spacial score (nSPS) is 10.8. The van der Waals surface area contributed by atoms with Crippen molar-refractivity contribution < 1.29 is 4.84 Å². The quantitative estimate of drug-likeness (QED) is 0.817. The Morgan fingerprint density at radius 2 is 1.88 bits per heavy atom. The van der Waals surface area contributed by atoms with Crippen molar-refractivity contribution in [3.63, 3.8) is 0 Å². The predicted molar refractivity (Wildman–Crippen MR) is 69.1 cm³/mol. The minimum atomic E-state index is 0.725. The lowest BCUT2D eigenvalue weighted by Crippen LogP contribution is -2.11.